The maximum atomic E-state index is 12.0. The zero-order valence-electron chi connectivity index (χ0n) is 19.9. The highest BCUT2D eigenvalue weighted by atomic mass is 127. The molecule has 3 nitrogen and oxygen atoms in total. The largest absolute Gasteiger partial charge is 0.419 e. The van der Waals surface area contributed by atoms with Crippen LogP contribution in [0.1, 0.15) is 19.8 Å². The van der Waals surface area contributed by atoms with Gasteiger partial charge in [-0.1, -0.05) is 66.0 Å². The van der Waals surface area contributed by atoms with E-state index in [9.17, 15) is 30.7 Å². The van der Waals surface area contributed by atoms with E-state index in [1.165, 1.54) is 19.6 Å². The molecule has 206 valence electrons. The van der Waals surface area contributed by atoms with Crippen LogP contribution >= 0.6 is 69.0 Å². The van der Waals surface area contributed by atoms with E-state index in [0.717, 1.165) is 22.1 Å². The van der Waals surface area contributed by atoms with Gasteiger partial charge in [0.25, 0.3) is 0 Å². The minimum atomic E-state index is -4.48. The van der Waals surface area contributed by atoms with Crippen molar-refractivity contribution in [2.24, 2.45) is 0 Å². The predicted octanol–water partition coefficient (Wildman–Crippen LogP) is 9.96. The van der Waals surface area contributed by atoms with Crippen LogP contribution in [0.25, 0.3) is 0 Å². The first kappa shape index (κ1) is 33.9. The van der Waals surface area contributed by atoms with Gasteiger partial charge in [0.2, 0.25) is 0 Å². The summed E-state index contributed by atoms with van der Waals surface area (Å²) in [5.41, 5.74) is -0.978. The molecule has 2 unspecified atom stereocenters. The van der Waals surface area contributed by atoms with Crippen molar-refractivity contribution in [3.05, 3.63) is 54.0 Å². The van der Waals surface area contributed by atoms with Gasteiger partial charge in [-0.15, -0.1) is 0 Å². The Balaban J connectivity index is 0.000000475. The number of rotatable bonds is 1. The summed E-state index contributed by atoms with van der Waals surface area (Å²) in [6.07, 6.45) is -3.29. The lowest BCUT2D eigenvalue weighted by molar-refractivity contribution is -0.137. The summed E-state index contributed by atoms with van der Waals surface area (Å²) in [7, 11) is -2.86. The summed E-state index contributed by atoms with van der Waals surface area (Å²) in [6.45, 7) is 2.95. The Bertz CT molecular complexity index is 965. The molecular weight excluding hydrogens is 714 g/mol. The molecule has 0 aliphatic carbocycles. The zero-order chi connectivity index (χ0) is 29.2. The van der Waals surface area contributed by atoms with E-state index in [2.05, 4.69) is 32.6 Å². The molecule has 0 radical (unpaired) electrons. The van der Waals surface area contributed by atoms with Crippen molar-refractivity contribution in [1.82, 2.24) is 9.97 Å². The maximum Gasteiger partial charge on any atom is 0.419 e. The molecule has 1 fully saturated rings. The van der Waals surface area contributed by atoms with Crippen molar-refractivity contribution < 1.29 is 36.8 Å². The number of hydrogen-bond acceptors (Lipinski definition) is 3. The minimum absolute atomic E-state index is 0.0620. The number of pyridine rings is 2. The first-order valence-corrected chi connectivity index (χ1v) is 15.9. The second-order valence-corrected chi connectivity index (χ2v) is 15.5. The molecule has 1 saturated heterocycles. The molecule has 0 N–H and O–H groups in total. The van der Waals surface area contributed by atoms with Crippen LogP contribution in [-0.2, 0) is 10.9 Å². The average Bonchev–Trinajstić information content (AvgIpc) is 3.25. The van der Waals surface area contributed by atoms with E-state index in [4.69, 9.17) is 52.5 Å². The number of ether oxygens (including phenoxy) is 1. The van der Waals surface area contributed by atoms with Crippen LogP contribution in [0.4, 0.5) is 30.7 Å². The Morgan fingerprint density at radius 3 is 1.72 bits per heavy atom. The van der Waals surface area contributed by atoms with Crippen LogP contribution in [0, 0.1) is 3.57 Å². The normalized spacial score (nSPS) is 16.9. The van der Waals surface area contributed by atoms with Crippen molar-refractivity contribution in [3.8, 4) is 0 Å². The van der Waals surface area contributed by atoms with Gasteiger partial charge in [0.05, 0.1) is 16.6 Å². The third kappa shape index (κ3) is 14.7. The molecule has 0 bridgehead atoms. The van der Waals surface area contributed by atoms with Gasteiger partial charge >= 0.3 is 12.0 Å². The quantitative estimate of drug-likeness (QED) is 0.127. The Morgan fingerprint density at radius 1 is 0.972 bits per heavy atom. The number of hydrogen-bond donors (Lipinski definition) is 0. The summed E-state index contributed by atoms with van der Waals surface area (Å²) < 4.78 is 95.2. The average molecular weight is 737 g/mol. The lowest BCUT2D eigenvalue weighted by atomic mass is 10.3. The van der Waals surface area contributed by atoms with Crippen LogP contribution in [0.5, 0.6) is 0 Å². The van der Waals surface area contributed by atoms with Gasteiger partial charge in [-0.05, 0) is 59.7 Å². The van der Waals surface area contributed by atoms with Crippen LogP contribution < -0.4 is 0 Å². The number of aromatic nitrogens is 2. The van der Waals surface area contributed by atoms with Gasteiger partial charge in [0.15, 0.2) is 8.07 Å². The Hall–Kier alpha value is -0.123. The Labute approximate surface area is 240 Å². The summed E-state index contributed by atoms with van der Waals surface area (Å²) in [5, 5.41) is 0.200. The van der Waals surface area contributed by atoms with Crippen molar-refractivity contribution in [2.45, 2.75) is 50.6 Å². The van der Waals surface area contributed by atoms with E-state index in [1.807, 2.05) is 6.07 Å². The van der Waals surface area contributed by atoms with Crippen molar-refractivity contribution >= 4 is 77.1 Å². The van der Waals surface area contributed by atoms with E-state index in [0.29, 0.717) is 23.3 Å². The SMILES string of the molecule is C[Si](C)(C)C(F)(F)F.Clc1ccc(I)c(Cl)n1.FC(F)(F)c1ccc(Cl)nc1Cl.[2H]C(F)C1CCCO1. The Kier molecular flexibility index (Phi) is 15.2. The fourth-order valence-electron chi connectivity index (χ4n) is 1.72. The topological polar surface area (TPSA) is 35.0 Å². The molecule has 36 heavy (non-hydrogen) atoms. The van der Waals surface area contributed by atoms with E-state index < -0.39 is 43.5 Å². The fraction of sp³-hybridized carbons (Fsp3) is 0.500. The van der Waals surface area contributed by atoms with Gasteiger partial charge in [-0.25, -0.2) is 14.4 Å². The summed E-state index contributed by atoms with van der Waals surface area (Å²) in [5.74, 6) is -3.92. The molecule has 0 spiro atoms. The number of alkyl halides is 7. The molecule has 1 aliphatic rings. The first-order valence-electron chi connectivity index (χ1n) is 10.4. The van der Waals surface area contributed by atoms with E-state index >= 15 is 0 Å². The van der Waals surface area contributed by atoms with Gasteiger partial charge in [-0.3, -0.25) is 0 Å². The second-order valence-electron chi connectivity index (χ2n) is 7.80. The highest BCUT2D eigenvalue weighted by Crippen LogP contribution is 2.34. The van der Waals surface area contributed by atoms with E-state index in [1.54, 1.807) is 6.07 Å². The highest BCUT2D eigenvalue weighted by molar-refractivity contribution is 14.1. The van der Waals surface area contributed by atoms with Crippen molar-refractivity contribution in [2.75, 3.05) is 13.3 Å². The van der Waals surface area contributed by atoms with Gasteiger partial charge in [0, 0.05) is 6.61 Å². The van der Waals surface area contributed by atoms with Gasteiger partial charge in [0.1, 0.15) is 27.3 Å². The van der Waals surface area contributed by atoms with Crippen molar-refractivity contribution in [3.63, 3.8) is 0 Å². The molecule has 3 heterocycles. The smallest absolute Gasteiger partial charge is 0.376 e. The Morgan fingerprint density at radius 2 is 1.44 bits per heavy atom. The molecule has 16 heteroatoms. The first-order chi connectivity index (χ1) is 16.7. The third-order valence-electron chi connectivity index (χ3n) is 3.85. The summed E-state index contributed by atoms with van der Waals surface area (Å²) >= 11 is 23.7. The lowest BCUT2D eigenvalue weighted by Crippen LogP contribution is -2.40. The molecule has 3 rings (SSSR count). The number of nitrogens with zero attached hydrogens (tertiary/aromatic N) is 2. The van der Waals surface area contributed by atoms with E-state index in [-0.39, 0.29) is 5.15 Å². The van der Waals surface area contributed by atoms with Crippen molar-refractivity contribution in [1.29, 1.82) is 0 Å². The molecule has 0 saturated carbocycles. The standard InChI is InChI=1S/C6H2Cl2F3N.C5H2Cl2IN.C5H9FO.C4H9F3Si/c7-4-2-1-3(5(8)12-4)6(9,10)11;6-4-2-1-3(8)5(7)9-4;6-4-5-2-1-3-7-5;1-8(2,3)4(5,6)7/h1-2H;1-2H;5H,1-4H2;1-3H3/i;;4D;. The minimum Gasteiger partial charge on any atom is -0.376 e. The predicted molar refractivity (Wildman–Crippen MR) is 141 cm³/mol. The molecule has 0 aromatic carbocycles. The molecule has 2 aromatic heterocycles. The van der Waals surface area contributed by atoms with Crippen LogP contribution in [0.3, 0.4) is 0 Å². The van der Waals surface area contributed by atoms with Crippen LogP contribution in [0.2, 0.25) is 40.3 Å². The van der Waals surface area contributed by atoms with Gasteiger partial charge < -0.3 is 4.74 Å². The second kappa shape index (κ2) is 16.1. The van der Waals surface area contributed by atoms with Gasteiger partial charge in [-0.2, -0.15) is 26.3 Å². The molecular formula is C20H22Cl4F7IN2OSi. The number of halogens is 12. The third-order valence-corrected chi connectivity index (χ3v) is 7.73. The van der Waals surface area contributed by atoms with Crippen LogP contribution in [-0.4, -0.2) is 43.2 Å². The zero-order valence-corrected chi connectivity index (χ0v) is 25.1. The lowest BCUT2D eigenvalue weighted by Gasteiger charge is -2.19. The van der Waals surface area contributed by atoms with Crippen LogP contribution in [0.15, 0.2) is 24.3 Å². The fourth-order valence-corrected chi connectivity index (χ4v) is 2.82. The molecule has 0 amide bonds. The summed E-state index contributed by atoms with van der Waals surface area (Å²) in [6, 6.07) is 5.35. The molecule has 1 aliphatic heterocycles. The summed E-state index contributed by atoms with van der Waals surface area (Å²) in [4.78, 5) is 7.05. The molecule has 2 atom stereocenters. The maximum absolute atomic E-state index is 12.0. The highest BCUT2D eigenvalue weighted by Gasteiger charge is 2.45. The monoisotopic (exact) mass is 735 g/mol. The molecule has 2 aromatic rings.